The zero-order chi connectivity index (χ0) is 13.8. The summed E-state index contributed by atoms with van der Waals surface area (Å²) in [7, 11) is 2.98. The van der Waals surface area contributed by atoms with Crippen LogP contribution >= 0.6 is 11.3 Å². The molecule has 0 aliphatic heterocycles. The Balaban J connectivity index is 2.17. The monoisotopic (exact) mass is 278 g/mol. The molecule has 100 valence electrons. The van der Waals surface area contributed by atoms with Gasteiger partial charge in [-0.05, 0) is 30.7 Å². The van der Waals surface area contributed by atoms with Crippen molar-refractivity contribution in [2.75, 3.05) is 19.5 Å². The fraction of sp³-hybridized carbons (Fsp3) is 0.231. The summed E-state index contributed by atoms with van der Waals surface area (Å²) >= 11 is 1.25. The molecule has 19 heavy (non-hydrogen) atoms. The highest BCUT2D eigenvalue weighted by molar-refractivity contribution is 7.17. The molecule has 1 aromatic carbocycles. The molecule has 0 saturated heterocycles. The van der Waals surface area contributed by atoms with Crippen LogP contribution in [0.4, 0.5) is 10.8 Å². The minimum Gasteiger partial charge on any atom is -0.497 e. The van der Waals surface area contributed by atoms with Crippen molar-refractivity contribution in [1.82, 2.24) is 4.98 Å². The molecule has 1 N–H and O–H groups in total. The average Bonchev–Trinajstić information content (AvgIpc) is 2.88. The second-order valence-corrected chi connectivity index (χ2v) is 4.86. The summed E-state index contributed by atoms with van der Waals surface area (Å²) < 4.78 is 9.79. The van der Waals surface area contributed by atoms with E-state index in [-0.39, 0.29) is 5.97 Å². The molecule has 0 bridgehead atoms. The Morgan fingerprint density at radius 3 is 2.79 bits per heavy atom. The Kier molecular flexibility index (Phi) is 4.01. The number of hydrogen-bond acceptors (Lipinski definition) is 6. The summed E-state index contributed by atoms with van der Waals surface area (Å²) in [5.74, 6) is 0.425. The van der Waals surface area contributed by atoms with Crippen LogP contribution in [0.2, 0.25) is 0 Å². The van der Waals surface area contributed by atoms with Crippen molar-refractivity contribution >= 4 is 28.1 Å². The lowest BCUT2D eigenvalue weighted by Crippen LogP contribution is -1.96. The zero-order valence-electron chi connectivity index (χ0n) is 10.9. The average molecular weight is 278 g/mol. The van der Waals surface area contributed by atoms with E-state index >= 15 is 0 Å². The third-order valence-electron chi connectivity index (χ3n) is 2.57. The van der Waals surface area contributed by atoms with Gasteiger partial charge in [0.05, 0.1) is 20.4 Å². The van der Waals surface area contributed by atoms with Crippen LogP contribution in [0, 0.1) is 6.92 Å². The summed E-state index contributed by atoms with van der Waals surface area (Å²) in [6, 6.07) is 5.70. The van der Waals surface area contributed by atoms with Crippen LogP contribution < -0.4 is 10.1 Å². The standard InChI is InChI=1S/C13H14N2O3S/c1-8-6-9(17-2)4-5-10(8)15-13-14-7-11(19-13)12(16)18-3/h4-7H,1-3H3,(H,14,15). The Morgan fingerprint density at radius 2 is 2.16 bits per heavy atom. The van der Waals surface area contributed by atoms with E-state index in [0.717, 1.165) is 17.0 Å². The molecule has 0 atom stereocenters. The number of rotatable bonds is 4. The van der Waals surface area contributed by atoms with Crippen LogP contribution in [0.25, 0.3) is 0 Å². The van der Waals surface area contributed by atoms with Crippen LogP contribution in [-0.4, -0.2) is 25.2 Å². The maximum absolute atomic E-state index is 11.3. The van der Waals surface area contributed by atoms with Crippen LogP contribution in [0.1, 0.15) is 15.2 Å². The molecular weight excluding hydrogens is 264 g/mol. The molecule has 0 radical (unpaired) electrons. The van der Waals surface area contributed by atoms with Gasteiger partial charge >= 0.3 is 5.97 Å². The van der Waals surface area contributed by atoms with Gasteiger partial charge in [-0.3, -0.25) is 0 Å². The minimum atomic E-state index is -0.378. The van der Waals surface area contributed by atoms with Gasteiger partial charge in [0.2, 0.25) is 0 Å². The predicted octanol–water partition coefficient (Wildman–Crippen LogP) is 2.99. The number of carbonyl (C=O) groups excluding carboxylic acids is 1. The predicted molar refractivity (Wildman–Crippen MR) is 74.5 cm³/mol. The van der Waals surface area contributed by atoms with Crippen molar-refractivity contribution in [2.45, 2.75) is 6.92 Å². The van der Waals surface area contributed by atoms with Crippen molar-refractivity contribution in [2.24, 2.45) is 0 Å². The quantitative estimate of drug-likeness (QED) is 0.871. The number of nitrogens with one attached hydrogen (secondary N) is 1. The molecule has 1 heterocycles. The summed E-state index contributed by atoms with van der Waals surface area (Å²) in [6.07, 6.45) is 1.50. The normalized spacial score (nSPS) is 10.1. The zero-order valence-corrected chi connectivity index (χ0v) is 11.7. The molecule has 0 aliphatic rings. The number of thiazole rings is 1. The van der Waals surface area contributed by atoms with E-state index in [1.165, 1.54) is 24.6 Å². The van der Waals surface area contributed by atoms with Gasteiger partial charge in [-0.2, -0.15) is 0 Å². The third kappa shape index (κ3) is 3.03. The molecule has 2 aromatic rings. The first-order valence-corrected chi connectivity index (χ1v) is 6.41. The van der Waals surface area contributed by atoms with Crippen molar-refractivity contribution in [3.05, 3.63) is 34.8 Å². The van der Waals surface area contributed by atoms with Crippen LogP contribution in [0.5, 0.6) is 5.75 Å². The van der Waals surface area contributed by atoms with Gasteiger partial charge in [0.25, 0.3) is 0 Å². The van der Waals surface area contributed by atoms with Gasteiger partial charge in [-0.1, -0.05) is 11.3 Å². The van der Waals surface area contributed by atoms with E-state index in [0.29, 0.717) is 10.0 Å². The fourth-order valence-corrected chi connectivity index (χ4v) is 2.29. The number of aryl methyl sites for hydroxylation is 1. The topological polar surface area (TPSA) is 60.5 Å². The second kappa shape index (κ2) is 5.71. The maximum atomic E-state index is 11.3. The highest BCUT2D eigenvalue weighted by Crippen LogP contribution is 2.27. The van der Waals surface area contributed by atoms with E-state index in [1.54, 1.807) is 7.11 Å². The summed E-state index contributed by atoms with van der Waals surface area (Å²) in [6.45, 7) is 1.97. The number of carbonyl (C=O) groups is 1. The van der Waals surface area contributed by atoms with E-state index in [9.17, 15) is 4.79 Å². The Hall–Kier alpha value is -2.08. The van der Waals surface area contributed by atoms with E-state index in [1.807, 2.05) is 25.1 Å². The van der Waals surface area contributed by atoms with E-state index in [2.05, 4.69) is 15.0 Å². The molecule has 5 nitrogen and oxygen atoms in total. The molecule has 1 aromatic heterocycles. The SMILES string of the molecule is COC(=O)c1cnc(Nc2ccc(OC)cc2C)s1. The number of hydrogen-bond donors (Lipinski definition) is 1. The molecule has 0 unspecified atom stereocenters. The Bertz CT molecular complexity index is 595. The number of benzene rings is 1. The van der Waals surface area contributed by atoms with Gasteiger partial charge in [0, 0.05) is 5.69 Å². The highest BCUT2D eigenvalue weighted by atomic mass is 32.1. The van der Waals surface area contributed by atoms with E-state index in [4.69, 9.17) is 4.74 Å². The third-order valence-corrected chi connectivity index (χ3v) is 3.46. The number of methoxy groups -OCH3 is 2. The summed E-state index contributed by atoms with van der Waals surface area (Å²) in [4.78, 5) is 15.9. The number of aromatic nitrogens is 1. The number of ether oxygens (including phenoxy) is 2. The number of esters is 1. The molecule has 0 amide bonds. The summed E-state index contributed by atoms with van der Waals surface area (Å²) in [5, 5.41) is 3.81. The first-order valence-electron chi connectivity index (χ1n) is 5.60. The molecule has 0 saturated carbocycles. The van der Waals surface area contributed by atoms with Gasteiger partial charge in [-0.25, -0.2) is 9.78 Å². The van der Waals surface area contributed by atoms with Crippen LogP contribution in [-0.2, 0) is 4.74 Å². The maximum Gasteiger partial charge on any atom is 0.349 e. The molecule has 2 rings (SSSR count). The lowest BCUT2D eigenvalue weighted by Gasteiger charge is -2.08. The smallest absolute Gasteiger partial charge is 0.349 e. The Morgan fingerprint density at radius 1 is 1.37 bits per heavy atom. The second-order valence-electron chi connectivity index (χ2n) is 3.83. The molecule has 0 fully saturated rings. The van der Waals surface area contributed by atoms with Crippen LogP contribution in [0.3, 0.4) is 0 Å². The number of anilines is 2. The van der Waals surface area contributed by atoms with Crippen LogP contribution in [0.15, 0.2) is 24.4 Å². The highest BCUT2D eigenvalue weighted by Gasteiger charge is 2.11. The van der Waals surface area contributed by atoms with Gasteiger partial charge < -0.3 is 14.8 Å². The number of nitrogens with zero attached hydrogens (tertiary/aromatic N) is 1. The van der Waals surface area contributed by atoms with Crippen molar-refractivity contribution in [3.63, 3.8) is 0 Å². The first kappa shape index (κ1) is 13.4. The first-order chi connectivity index (χ1) is 9.13. The van der Waals surface area contributed by atoms with Crippen molar-refractivity contribution in [1.29, 1.82) is 0 Å². The van der Waals surface area contributed by atoms with E-state index < -0.39 is 0 Å². The molecule has 0 spiro atoms. The Labute approximate surface area is 115 Å². The minimum absolute atomic E-state index is 0.378. The fourth-order valence-electron chi connectivity index (χ4n) is 1.55. The summed E-state index contributed by atoms with van der Waals surface area (Å²) in [5.41, 5.74) is 1.96. The lowest BCUT2D eigenvalue weighted by molar-refractivity contribution is 0.0606. The van der Waals surface area contributed by atoms with Crippen molar-refractivity contribution < 1.29 is 14.3 Å². The van der Waals surface area contributed by atoms with Crippen molar-refractivity contribution in [3.8, 4) is 5.75 Å². The molecule has 0 aliphatic carbocycles. The van der Waals surface area contributed by atoms with Gasteiger partial charge in [-0.15, -0.1) is 0 Å². The largest absolute Gasteiger partial charge is 0.497 e. The van der Waals surface area contributed by atoms with Gasteiger partial charge in [0.15, 0.2) is 5.13 Å². The van der Waals surface area contributed by atoms with Gasteiger partial charge in [0.1, 0.15) is 10.6 Å². The molecule has 6 heteroatoms. The molecular formula is C13H14N2O3S. The lowest BCUT2D eigenvalue weighted by atomic mass is 10.2.